The maximum atomic E-state index is 12.9. The molecule has 0 aliphatic heterocycles. The standard InChI is InChI=1S/C19H21N5O3/c1-4-8-24-16-15(18(26)23-19(24)27)13(9-14(22-16)11(2)3)17(25)21-12-6-5-7-20-10-12/h5-7,9-11H,4,8H2,1-3H3,(H,21,25)(H,23,26,27). The summed E-state index contributed by atoms with van der Waals surface area (Å²) in [5.74, 6) is -0.437. The molecule has 0 fully saturated rings. The molecule has 0 spiro atoms. The van der Waals surface area contributed by atoms with Gasteiger partial charge in [-0.1, -0.05) is 20.8 Å². The summed E-state index contributed by atoms with van der Waals surface area (Å²) in [6, 6.07) is 5.01. The van der Waals surface area contributed by atoms with Crippen molar-refractivity contribution in [1.82, 2.24) is 19.5 Å². The molecule has 0 bridgehead atoms. The predicted molar refractivity (Wildman–Crippen MR) is 103 cm³/mol. The van der Waals surface area contributed by atoms with E-state index in [1.165, 1.54) is 10.8 Å². The third-order valence-corrected chi connectivity index (χ3v) is 4.17. The summed E-state index contributed by atoms with van der Waals surface area (Å²) in [5, 5.41) is 2.85. The Balaban J connectivity index is 2.27. The highest BCUT2D eigenvalue weighted by Gasteiger charge is 2.20. The number of H-pyrrole nitrogens is 1. The number of nitrogens with zero attached hydrogens (tertiary/aromatic N) is 3. The Bertz CT molecular complexity index is 1100. The van der Waals surface area contributed by atoms with E-state index in [4.69, 9.17) is 0 Å². The quantitative estimate of drug-likeness (QED) is 0.719. The fraction of sp³-hybridized carbons (Fsp3) is 0.316. The Morgan fingerprint density at radius 2 is 2.11 bits per heavy atom. The lowest BCUT2D eigenvalue weighted by Crippen LogP contribution is -2.32. The van der Waals surface area contributed by atoms with Gasteiger partial charge in [0.25, 0.3) is 11.5 Å². The minimum atomic E-state index is -0.624. The molecule has 0 unspecified atom stereocenters. The molecule has 3 rings (SSSR count). The normalized spacial score (nSPS) is 11.1. The van der Waals surface area contributed by atoms with Crippen molar-refractivity contribution in [2.45, 2.75) is 39.7 Å². The summed E-state index contributed by atoms with van der Waals surface area (Å²) < 4.78 is 1.41. The number of aromatic amines is 1. The number of nitrogens with one attached hydrogen (secondary N) is 2. The highest BCUT2D eigenvalue weighted by atomic mass is 16.2. The number of aryl methyl sites for hydroxylation is 1. The van der Waals surface area contributed by atoms with E-state index in [9.17, 15) is 14.4 Å². The average Bonchev–Trinajstić information content (AvgIpc) is 2.64. The molecule has 0 saturated carbocycles. The third kappa shape index (κ3) is 3.64. The zero-order valence-corrected chi connectivity index (χ0v) is 15.4. The first-order valence-corrected chi connectivity index (χ1v) is 8.81. The van der Waals surface area contributed by atoms with Gasteiger partial charge in [0.1, 0.15) is 0 Å². The van der Waals surface area contributed by atoms with E-state index in [1.54, 1.807) is 24.4 Å². The van der Waals surface area contributed by atoms with Crippen molar-refractivity contribution >= 4 is 22.6 Å². The van der Waals surface area contributed by atoms with Crippen LogP contribution in [0.3, 0.4) is 0 Å². The Hall–Kier alpha value is -3.29. The fourth-order valence-electron chi connectivity index (χ4n) is 2.83. The van der Waals surface area contributed by atoms with E-state index in [-0.39, 0.29) is 22.5 Å². The zero-order valence-electron chi connectivity index (χ0n) is 15.4. The van der Waals surface area contributed by atoms with Gasteiger partial charge in [-0.15, -0.1) is 0 Å². The summed E-state index contributed by atoms with van der Waals surface area (Å²) in [7, 11) is 0. The van der Waals surface area contributed by atoms with Crippen molar-refractivity contribution in [2.75, 3.05) is 5.32 Å². The number of hydrogen-bond donors (Lipinski definition) is 2. The number of carbonyl (C=O) groups is 1. The average molecular weight is 367 g/mol. The van der Waals surface area contributed by atoms with Crippen LogP contribution in [0, 0.1) is 0 Å². The Morgan fingerprint density at radius 1 is 1.33 bits per heavy atom. The summed E-state index contributed by atoms with van der Waals surface area (Å²) >= 11 is 0. The van der Waals surface area contributed by atoms with E-state index in [1.807, 2.05) is 20.8 Å². The number of rotatable bonds is 5. The molecule has 0 aliphatic rings. The van der Waals surface area contributed by atoms with Gasteiger partial charge in [0.15, 0.2) is 5.65 Å². The second-order valence-electron chi connectivity index (χ2n) is 6.55. The monoisotopic (exact) mass is 367 g/mol. The van der Waals surface area contributed by atoms with Crippen LogP contribution in [0.25, 0.3) is 11.0 Å². The van der Waals surface area contributed by atoms with Gasteiger partial charge in [-0.2, -0.15) is 0 Å². The SMILES string of the molecule is CCCn1c(=O)[nH]c(=O)c2c(C(=O)Nc3cccnc3)cc(C(C)C)nc21. The van der Waals surface area contributed by atoms with E-state index in [2.05, 4.69) is 20.3 Å². The number of carbonyl (C=O) groups excluding carboxylic acids is 1. The minimum Gasteiger partial charge on any atom is -0.321 e. The van der Waals surface area contributed by atoms with Crippen LogP contribution in [-0.2, 0) is 6.54 Å². The van der Waals surface area contributed by atoms with Gasteiger partial charge in [0.2, 0.25) is 0 Å². The van der Waals surface area contributed by atoms with Crippen molar-refractivity contribution in [3.05, 3.63) is 62.7 Å². The van der Waals surface area contributed by atoms with Crippen LogP contribution in [0.5, 0.6) is 0 Å². The van der Waals surface area contributed by atoms with Crippen LogP contribution >= 0.6 is 0 Å². The summed E-state index contributed by atoms with van der Waals surface area (Å²) in [5.41, 5.74) is 0.403. The highest BCUT2D eigenvalue weighted by Crippen LogP contribution is 2.21. The lowest BCUT2D eigenvalue weighted by Gasteiger charge is -2.14. The molecule has 8 nitrogen and oxygen atoms in total. The molecule has 0 aromatic carbocycles. The first-order valence-electron chi connectivity index (χ1n) is 8.81. The maximum Gasteiger partial charge on any atom is 0.329 e. The van der Waals surface area contributed by atoms with Crippen molar-refractivity contribution in [2.24, 2.45) is 0 Å². The molecule has 3 heterocycles. The molecule has 0 atom stereocenters. The Kier molecular flexibility index (Phi) is 5.16. The molecule has 2 N–H and O–H groups in total. The molecule has 140 valence electrons. The molecule has 0 saturated heterocycles. The van der Waals surface area contributed by atoms with Gasteiger partial charge in [-0.25, -0.2) is 9.78 Å². The maximum absolute atomic E-state index is 12.9. The summed E-state index contributed by atoms with van der Waals surface area (Å²) in [6.07, 6.45) is 3.80. The van der Waals surface area contributed by atoms with E-state index >= 15 is 0 Å². The van der Waals surface area contributed by atoms with Gasteiger partial charge in [-0.05, 0) is 30.5 Å². The number of aromatic nitrogens is 4. The Morgan fingerprint density at radius 3 is 2.74 bits per heavy atom. The second kappa shape index (κ2) is 7.53. The topological polar surface area (TPSA) is 110 Å². The molecule has 3 aromatic heterocycles. The largest absolute Gasteiger partial charge is 0.329 e. The zero-order chi connectivity index (χ0) is 19.6. The van der Waals surface area contributed by atoms with Gasteiger partial charge in [0, 0.05) is 18.4 Å². The van der Waals surface area contributed by atoms with Crippen LogP contribution in [0.15, 0.2) is 40.2 Å². The minimum absolute atomic E-state index is 0.0174. The molecule has 0 radical (unpaired) electrons. The van der Waals surface area contributed by atoms with Crippen LogP contribution in [0.1, 0.15) is 49.2 Å². The molecule has 8 heteroatoms. The molecule has 0 aliphatic carbocycles. The molecule has 3 aromatic rings. The smallest absolute Gasteiger partial charge is 0.321 e. The van der Waals surface area contributed by atoms with Crippen molar-refractivity contribution in [1.29, 1.82) is 0 Å². The van der Waals surface area contributed by atoms with Crippen molar-refractivity contribution in [3.8, 4) is 0 Å². The van der Waals surface area contributed by atoms with Gasteiger partial charge >= 0.3 is 5.69 Å². The molecular weight excluding hydrogens is 346 g/mol. The van der Waals surface area contributed by atoms with E-state index in [0.717, 1.165) is 0 Å². The number of pyridine rings is 2. The summed E-state index contributed by atoms with van der Waals surface area (Å²) in [4.78, 5) is 48.4. The highest BCUT2D eigenvalue weighted by molar-refractivity contribution is 6.11. The van der Waals surface area contributed by atoms with Crippen LogP contribution in [0.2, 0.25) is 0 Å². The van der Waals surface area contributed by atoms with Crippen LogP contribution in [0.4, 0.5) is 5.69 Å². The van der Waals surface area contributed by atoms with Gasteiger partial charge < -0.3 is 5.32 Å². The number of anilines is 1. The first kappa shape index (κ1) is 18.5. The fourth-order valence-corrected chi connectivity index (χ4v) is 2.83. The lowest BCUT2D eigenvalue weighted by molar-refractivity contribution is 0.102. The Labute approximate surface area is 155 Å². The molecule has 1 amide bonds. The molecular formula is C19H21N5O3. The van der Waals surface area contributed by atoms with E-state index < -0.39 is 17.2 Å². The van der Waals surface area contributed by atoms with Crippen molar-refractivity contribution < 1.29 is 4.79 Å². The van der Waals surface area contributed by atoms with Gasteiger partial charge in [0.05, 0.1) is 22.8 Å². The second-order valence-corrected chi connectivity index (χ2v) is 6.55. The van der Waals surface area contributed by atoms with Crippen LogP contribution < -0.4 is 16.6 Å². The number of amides is 1. The van der Waals surface area contributed by atoms with Crippen LogP contribution in [-0.4, -0.2) is 25.4 Å². The third-order valence-electron chi connectivity index (χ3n) is 4.17. The van der Waals surface area contributed by atoms with E-state index in [0.29, 0.717) is 24.3 Å². The summed E-state index contributed by atoms with van der Waals surface area (Å²) in [6.45, 7) is 6.19. The first-order chi connectivity index (χ1) is 12.9. The predicted octanol–water partition coefficient (Wildman–Crippen LogP) is 2.27. The lowest BCUT2D eigenvalue weighted by atomic mass is 10.0. The molecule has 27 heavy (non-hydrogen) atoms. The van der Waals surface area contributed by atoms with Gasteiger partial charge in [-0.3, -0.25) is 24.1 Å². The number of fused-ring (bicyclic) bond motifs is 1. The van der Waals surface area contributed by atoms with Crippen molar-refractivity contribution in [3.63, 3.8) is 0 Å². The number of hydrogen-bond acceptors (Lipinski definition) is 5.